The molecule has 78 valence electrons. The summed E-state index contributed by atoms with van der Waals surface area (Å²) in [6, 6.07) is 4.17. The molecule has 3 nitrogen and oxygen atoms in total. The molecule has 1 aliphatic rings. The minimum Gasteiger partial charge on any atom is -0.237 e. The third-order valence-electron chi connectivity index (χ3n) is 2.93. The molecule has 1 aromatic heterocycles. The minimum absolute atomic E-state index is 0.321. The van der Waals surface area contributed by atoms with E-state index < -0.39 is 0 Å². The van der Waals surface area contributed by atoms with E-state index in [9.17, 15) is 0 Å². The summed E-state index contributed by atoms with van der Waals surface area (Å²) < 4.78 is 0. The van der Waals surface area contributed by atoms with Crippen molar-refractivity contribution in [3.63, 3.8) is 0 Å². The molecule has 1 heterocycles. The van der Waals surface area contributed by atoms with E-state index in [0.717, 1.165) is 11.4 Å². The van der Waals surface area contributed by atoms with Gasteiger partial charge in [-0.05, 0) is 25.8 Å². The second kappa shape index (κ2) is 4.39. The molecule has 3 heteroatoms. The van der Waals surface area contributed by atoms with Crippen molar-refractivity contribution in [3.8, 4) is 6.07 Å². The van der Waals surface area contributed by atoms with E-state index in [1.165, 1.54) is 25.7 Å². The number of rotatable bonds is 2. The Labute approximate surface area is 90.2 Å². The van der Waals surface area contributed by atoms with E-state index in [-0.39, 0.29) is 0 Å². The molecular weight excluding hydrogens is 186 g/mol. The fourth-order valence-electron chi connectivity index (χ4n) is 2.24. The van der Waals surface area contributed by atoms with Gasteiger partial charge in [-0.1, -0.05) is 12.8 Å². The summed E-state index contributed by atoms with van der Waals surface area (Å²) in [5.41, 5.74) is 2.13. The molecular formula is C12H15N3. The molecule has 0 aromatic carbocycles. The van der Waals surface area contributed by atoms with Crippen molar-refractivity contribution in [3.05, 3.63) is 23.3 Å². The van der Waals surface area contributed by atoms with Gasteiger partial charge in [-0.3, -0.25) is 0 Å². The predicted octanol–water partition coefficient (Wildman–Crippen LogP) is 2.51. The Morgan fingerprint density at radius 1 is 1.40 bits per heavy atom. The highest BCUT2D eigenvalue weighted by Gasteiger charge is 2.19. The smallest absolute Gasteiger partial charge is 0.142 e. The normalized spacial score (nSPS) is 16.5. The SMILES string of the molecule is Cc1cc(C2CCCC2)nc(CC#N)n1. The van der Waals surface area contributed by atoms with Crippen LogP contribution in [0.3, 0.4) is 0 Å². The van der Waals surface area contributed by atoms with Crippen LogP contribution in [0.1, 0.15) is 48.8 Å². The first-order valence-electron chi connectivity index (χ1n) is 5.51. The Balaban J connectivity index is 2.26. The van der Waals surface area contributed by atoms with Crippen molar-refractivity contribution >= 4 is 0 Å². The lowest BCUT2D eigenvalue weighted by Crippen LogP contribution is -2.03. The monoisotopic (exact) mass is 201 g/mol. The van der Waals surface area contributed by atoms with Crippen LogP contribution < -0.4 is 0 Å². The number of nitrogens with zero attached hydrogens (tertiary/aromatic N) is 3. The summed E-state index contributed by atoms with van der Waals surface area (Å²) >= 11 is 0. The molecule has 0 saturated heterocycles. The molecule has 0 bridgehead atoms. The van der Waals surface area contributed by atoms with Gasteiger partial charge in [-0.15, -0.1) is 0 Å². The first-order valence-corrected chi connectivity index (χ1v) is 5.51. The molecule has 0 spiro atoms. The Bertz CT molecular complexity index is 386. The lowest BCUT2D eigenvalue weighted by Gasteiger charge is -2.09. The van der Waals surface area contributed by atoms with Gasteiger partial charge >= 0.3 is 0 Å². The fraction of sp³-hybridized carbons (Fsp3) is 0.583. The van der Waals surface area contributed by atoms with Crippen molar-refractivity contribution in [2.24, 2.45) is 0 Å². The molecule has 0 aliphatic heterocycles. The number of hydrogen-bond donors (Lipinski definition) is 0. The van der Waals surface area contributed by atoms with Crippen molar-refractivity contribution in [2.45, 2.75) is 44.9 Å². The van der Waals surface area contributed by atoms with Crippen molar-refractivity contribution in [2.75, 3.05) is 0 Å². The van der Waals surface area contributed by atoms with E-state index in [2.05, 4.69) is 22.1 Å². The zero-order valence-corrected chi connectivity index (χ0v) is 9.03. The quantitative estimate of drug-likeness (QED) is 0.738. The van der Waals surface area contributed by atoms with E-state index in [4.69, 9.17) is 5.26 Å². The van der Waals surface area contributed by atoms with Gasteiger partial charge in [-0.25, -0.2) is 9.97 Å². The Morgan fingerprint density at radius 2 is 2.13 bits per heavy atom. The van der Waals surface area contributed by atoms with Crippen LogP contribution in [0, 0.1) is 18.3 Å². The molecule has 0 amide bonds. The molecule has 0 N–H and O–H groups in total. The van der Waals surface area contributed by atoms with Gasteiger partial charge in [0.1, 0.15) is 5.82 Å². The number of aryl methyl sites for hydroxylation is 1. The van der Waals surface area contributed by atoms with E-state index in [0.29, 0.717) is 18.2 Å². The van der Waals surface area contributed by atoms with E-state index >= 15 is 0 Å². The van der Waals surface area contributed by atoms with Gasteiger partial charge in [0.05, 0.1) is 12.5 Å². The van der Waals surface area contributed by atoms with Crippen LogP contribution in [0.5, 0.6) is 0 Å². The fourth-order valence-corrected chi connectivity index (χ4v) is 2.24. The van der Waals surface area contributed by atoms with Gasteiger partial charge in [0.25, 0.3) is 0 Å². The molecule has 1 aromatic rings. The zero-order chi connectivity index (χ0) is 10.7. The number of aromatic nitrogens is 2. The summed E-state index contributed by atoms with van der Waals surface area (Å²) in [6.45, 7) is 1.97. The first kappa shape index (κ1) is 10.1. The highest BCUT2D eigenvalue weighted by atomic mass is 14.9. The minimum atomic E-state index is 0.321. The molecule has 0 unspecified atom stereocenters. The maximum absolute atomic E-state index is 8.64. The summed E-state index contributed by atoms with van der Waals surface area (Å²) in [7, 11) is 0. The van der Waals surface area contributed by atoms with Crippen molar-refractivity contribution in [1.29, 1.82) is 5.26 Å². The van der Waals surface area contributed by atoms with Crippen LogP contribution in [0.4, 0.5) is 0 Å². The largest absolute Gasteiger partial charge is 0.237 e. The first-order chi connectivity index (χ1) is 7.29. The predicted molar refractivity (Wildman–Crippen MR) is 57.3 cm³/mol. The molecule has 1 aliphatic carbocycles. The average molecular weight is 201 g/mol. The second-order valence-corrected chi connectivity index (χ2v) is 4.17. The van der Waals surface area contributed by atoms with Crippen LogP contribution in [-0.4, -0.2) is 9.97 Å². The highest BCUT2D eigenvalue weighted by Crippen LogP contribution is 2.33. The third kappa shape index (κ3) is 2.33. The summed E-state index contributed by atoms with van der Waals surface area (Å²) in [5.74, 6) is 1.28. The van der Waals surface area contributed by atoms with E-state index in [1.54, 1.807) is 0 Å². The van der Waals surface area contributed by atoms with Crippen molar-refractivity contribution in [1.82, 2.24) is 9.97 Å². The van der Waals surface area contributed by atoms with Crippen molar-refractivity contribution < 1.29 is 0 Å². The summed E-state index contributed by atoms with van der Waals surface area (Å²) in [6.07, 6.45) is 5.41. The molecule has 0 radical (unpaired) electrons. The van der Waals surface area contributed by atoms with Crippen LogP contribution in [-0.2, 0) is 6.42 Å². The van der Waals surface area contributed by atoms with Crippen LogP contribution in [0.25, 0.3) is 0 Å². The van der Waals surface area contributed by atoms with Gasteiger partial charge in [0.15, 0.2) is 0 Å². The van der Waals surface area contributed by atoms with Crippen LogP contribution >= 0.6 is 0 Å². The molecule has 1 saturated carbocycles. The second-order valence-electron chi connectivity index (χ2n) is 4.17. The Kier molecular flexibility index (Phi) is 2.96. The lowest BCUT2D eigenvalue weighted by molar-refractivity contribution is 0.684. The average Bonchev–Trinajstić information content (AvgIpc) is 2.70. The molecule has 1 fully saturated rings. The van der Waals surface area contributed by atoms with Gasteiger partial charge in [0.2, 0.25) is 0 Å². The topological polar surface area (TPSA) is 49.6 Å². The van der Waals surface area contributed by atoms with E-state index in [1.807, 2.05) is 6.92 Å². The van der Waals surface area contributed by atoms with Gasteiger partial charge in [0, 0.05) is 17.3 Å². The summed E-state index contributed by atoms with van der Waals surface area (Å²) in [5, 5.41) is 8.64. The standard InChI is InChI=1S/C12H15N3/c1-9-8-11(10-4-2-3-5-10)15-12(14-9)6-7-13/h8,10H,2-6H2,1H3. The Morgan fingerprint density at radius 3 is 2.80 bits per heavy atom. The lowest BCUT2D eigenvalue weighted by atomic mass is 10.0. The van der Waals surface area contributed by atoms with Crippen LogP contribution in [0.15, 0.2) is 6.07 Å². The highest BCUT2D eigenvalue weighted by molar-refractivity contribution is 5.16. The maximum Gasteiger partial charge on any atom is 0.142 e. The number of hydrogen-bond acceptors (Lipinski definition) is 3. The third-order valence-corrected chi connectivity index (χ3v) is 2.93. The van der Waals surface area contributed by atoms with Gasteiger partial charge < -0.3 is 0 Å². The molecule has 0 atom stereocenters. The maximum atomic E-state index is 8.64. The molecule has 2 rings (SSSR count). The molecule has 15 heavy (non-hydrogen) atoms. The number of nitriles is 1. The summed E-state index contributed by atoms with van der Waals surface area (Å²) in [4.78, 5) is 8.73. The van der Waals surface area contributed by atoms with Gasteiger partial charge in [-0.2, -0.15) is 5.26 Å². The van der Waals surface area contributed by atoms with Crippen LogP contribution in [0.2, 0.25) is 0 Å². The Hall–Kier alpha value is -1.43. The zero-order valence-electron chi connectivity index (χ0n) is 9.03.